The lowest BCUT2D eigenvalue weighted by molar-refractivity contribution is -0.194. The molecule has 2 aliphatic rings. The highest BCUT2D eigenvalue weighted by atomic mass is 35.5. The van der Waals surface area contributed by atoms with E-state index in [0.29, 0.717) is 18.2 Å². The summed E-state index contributed by atoms with van der Waals surface area (Å²) in [5, 5.41) is 11.0. The standard InChI is InChI=1S/C16H22ClNO3/c1-12-11-20-16(21-12)6-8-18(9-7-16)10-15(19)13-2-4-14(17)5-3-13/h2-5,12,15,19H,6-11H2,1H3. The van der Waals surface area contributed by atoms with E-state index in [9.17, 15) is 5.11 Å². The second kappa shape index (κ2) is 6.23. The maximum Gasteiger partial charge on any atom is 0.171 e. The second-order valence-electron chi connectivity index (χ2n) is 6.02. The molecule has 1 N–H and O–H groups in total. The molecular weight excluding hydrogens is 290 g/mol. The lowest BCUT2D eigenvalue weighted by Gasteiger charge is -2.38. The number of aliphatic hydroxyl groups is 1. The number of rotatable bonds is 3. The first-order valence-electron chi connectivity index (χ1n) is 7.54. The maximum absolute atomic E-state index is 10.3. The van der Waals surface area contributed by atoms with Crippen LogP contribution >= 0.6 is 11.6 Å². The highest BCUT2D eigenvalue weighted by molar-refractivity contribution is 6.30. The highest BCUT2D eigenvalue weighted by Gasteiger charge is 2.42. The van der Waals surface area contributed by atoms with E-state index in [1.807, 2.05) is 31.2 Å². The summed E-state index contributed by atoms with van der Waals surface area (Å²) in [6.45, 7) is 5.14. The third kappa shape index (κ3) is 3.58. The van der Waals surface area contributed by atoms with Crippen LogP contribution in [0.2, 0.25) is 5.02 Å². The smallest absolute Gasteiger partial charge is 0.171 e. The summed E-state index contributed by atoms with van der Waals surface area (Å²) in [6.07, 6.45) is 1.44. The number of hydrogen-bond donors (Lipinski definition) is 1. The van der Waals surface area contributed by atoms with Gasteiger partial charge in [0.05, 0.1) is 18.8 Å². The number of nitrogens with zero attached hydrogens (tertiary/aromatic N) is 1. The molecule has 3 rings (SSSR count). The van der Waals surface area contributed by atoms with Gasteiger partial charge in [0.1, 0.15) is 0 Å². The van der Waals surface area contributed by atoms with E-state index in [4.69, 9.17) is 21.1 Å². The Balaban J connectivity index is 1.52. The zero-order valence-electron chi connectivity index (χ0n) is 12.3. The molecule has 2 saturated heterocycles. The molecule has 2 heterocycles. The lowest BCUT2D eigenvalue weighted by Crippen LogP contribution is -2.46. The van der Waals surface area contributed by atoms with Gasteiger partial charge in [-0.2, -0.15) is 0 Å². The fraction of sp³-hybridized carbons (Fsp3) is 0.625. The first kappa shape index (κ1) is 15.3. The van der Waals surface area contributed by atoms with Crippen molar-refractivity contribution < 1.29 is 14.6 Å². The Hall–Kier alpha value is -0.650. The van der Waals surface area contributed by atoms with E-state index in [1.54, 1.807) is 0 Å². The van der Waals surface area contributed by atoms with Crippen LogP contribution in [0.15, 0.2) is 24.3 Å². The minimum absolute atomic E-state index is 0.191. The summed E-state index contributed by atoms with van der Waals surface area (Å²) in [7, 11) is 0. The Morgan fingerprint density at radius 3 is 2.57 bits per heavy atom. The van der Waals surface area contributed by atoms with E-state index in [-0.39, 0.29) is 11.9 Å². The summed E-state index contributed by atoms with van der Waals surface area (Å²) >= 11 is 5.87. The molecule has 0 bridgehead atoms. The maximum atomic E-state index is 10.3. The second-order valence-corrected chi connectivity index (χ2v) is 6.45. The van der Waals surface area contributed by atoms with Crippen molar-refractivity contribution in [1.29, 1.82) is 0 Å². The average Bonchev–Trinajstić information content (AvgIpc) is 2.83. The summed E-state index contributed by atoms with van der Waals surface area (Å²) in [5.74, 6) is -0.374. The van der Waals surface area contributed by atoms with Gasteiger partial charge in [-0.3, -0.25) is 0 Å². The summed E-state index contributed by atoms with van der Waals surface area (Å²) in [6, 6.07) is 7.38. The van der Waals surface area contributed by atoms with Gasteiger partial charge in [0.15, 0.2) is 5.79 Å². The minimum atomic E-state index is -0.486. The SMILES string of the molecule is CC1COC2(CCN(CC(O)c3ccc(Cl)cc3)CC2)O1. The van der Waals surface area contributed by atoms with Crippen LogP contribution in [0, 0.1) is 0 Å². The summed E-state index contributed by atoms with van der Waals surface area (Å²) < 4.78 is 11.7. The minimum Gasteiger partial charge on any atom is -0.387 e. The van der Waals surface area contributed by atoms with Crippen molar-refractivity contribution in [3.8, 4) is 0 Å². The Labute approximate surface area is 130 Å². The quantitative estimate of drug-likeness (QED) is 0.931. The normalized spacial score (nSPS) is 27.1. The predicted molar refractivity (Wildman–Crippen MR) is 81.3 cm³/mol. The van der Waals surface area contributed by atoms with Gasteiger partial charge < -0.3 is 19.5 Å². The van der Waals surface area contributed by atoms with E-state index in [1.165, 1.54) is 0 Å². The molecule has 2 atom stereocenters. The van der Waals surface area contributed by atoms with Crippen molar-refractivity contribution in [3.63, 3.8) is 0 Å². The van der Waals surface area contributed by atoms with Crippen LogP contribution in [0.3, 0.4) is 0 Å². The molecular formula is C16H22ClNO3. The Morgan fingerprint density at radius 1 is 1.33 bits per heavy atom. The van der Waals surface area contributed by atoms with Crippen LogP contribution in [0.1, 0.15) is 31.4 Å². The van der Waals surface area contributed by atoms with Crippen molar-refractivity contribution >= 4 is 11.6 Å². The molecule has 1 aromatic carbocycles. The number of halogens is 1. The Morgan fingerprint density at radius 2 is 2.00 bits per heavy atom. The van der Waals surface area contributed by atoms with Gasteiger partial charge in [-0.25, -0.2) is 0 Å². The van der Waals surface area contributed by atoms with Gasteiger partial charge in [-0.05, 0) is 24.6 Å². The van der Waals surface area contributed by atoms with E-state index in [2.05, 4.69) is 4.90 Å². The number of ether oxygens (including phenoxy) is 2. The molecule has 116 valence electrons. The van der Waals surface area contributed by atoms with E-state index in [0.717, 1.165) is 31.5 Å². The van der Waals surface area contributed by atoms with Crippen molar-refractivity contribution in [2.24, 2.45) is 0 Å². The predicted octanol–water partition coefficient (Wildman–Crippen LogP) is 2.60. The molecule has 0 aliphatic carbocycles. The monoisotopic (exact) mass is 311 g/mol. The number of piperidine rings is 1. The molecule has 0 aromatic heterocycles. The van der Waals surface area contributed by atoms with E-state index < -0.39 is 6.10 Å². The highest BCUT2D eigenvalue weighted by Crippen LogP contribution is 2.34. The Kier molecular flexibility index (Phi) is 4.52. The molecule has 21 heavy (non-hydrogen) atoms. The van der Waals surface area contributed by atoms with Crippen LogP contribution in [0.4, 0.5) is 0 Å². The van der Waals surface area contributed by atoms with Crippen molar-refractivity contribution in [3.05, 3.63) is 34.9 Å². The topological polar surface area (TPSA) is 41.9 Å². The van der Waals surface area contributed by atoms with Gasteiger partial charge in [0.2, 0.25) is 0 Å². The first-order chi connectivity index (χ1) is 10.1. The van der Waals surface area contributed by atoms with Crippen molar-refractivity contribution in [2.75, 3.05) is 26.2 Å². The lowest BCUT2D eigenvalue weighted by atomic mass is 10.0. The third-order valence-corrected chi connectivity index (χ3v) is 4.55. The fourth-order valence-electron chi connectivity index (χ4n) is 3.08. The summed E-state index contributed by atoms with van der Waals surface area (Å²) in [5.41, 5.74) is 0.904. The zero-order valence-corrected chi connectivity index (χ0v) is 13.1. The van der Waals surface area contributed by atoms with Gasteiger partial charge in [0.25, 0.3) is 0 Å². The van der Waals surface area contributed by atoms with Crippen LogP contribution in [-0.4, -0.2) is 48.1 Å². The van der Waals surface area contributed by atoms with E-state index >= 15 is 0 Å². The number of benzene rings is 1. The molecule has 0 saturated carbocycles. The molecule has 5 heteroatoms. The Bertz CT molecular complexity index is 471. The van der Waals surface area contributed by atoms with Gasteiger partial charge in [0, 0.05) is 37.5 Å². The van der Waals surface area contributed by atoms with Gasteiger partial charge in [-0.15, -0.1) is 0 Å². The van der Waals surface area contributed by atoms with Crippen LogP contribution < -0.4 is 0 Å². The molecule has 0 amide bonds. The van der Waals surface area contributed by atoms with Crippen LogP contribution in [0.5, 0.6) is 0 Å². The molecule has 2 fully saturated rings. The zero-order chi connectivity index (χ0) is 14.9. The van der Waals surface area contributed by atoms with Gasteiger partial charge in [-0.1, -0.05) is 23.7 Å². The van der Waals surface area contributed by atoms with Crippen LogP contribution in [0.25, 0.3) is 0 Å². The molecule has 2 unspecified atom stereocenters. The molecule has 2 aliphatic heterocycles. The molecule has 1 aromatic rings. The van der Waals surface area contributed by atoms with Gasteiger partial charge >= 0.3 is 0 Å². The average molecular weight is 312 g/mol. The number of β-amino-alcohol motifs (C(OH)–C–C–N with tert-alkyl or cyclic N) is 1. The fourth-order valence-corrected chi connectivity index (χ4v) is 3.20. The number of likely N-dealkylation sites (tertiary alicyclic amines) is 1. The van der Waals surface area contributed by atoms with Crippen LogP contribution in [-0.2, 0) is 9.47 Å². The molecule has 0 radical (unpaired) electrons. The summed E-state index contributed by atoms with van der Waals surface area (Å²) in [4.78, 5) is 2.26. The number of aliphatic hydroxyl groups excluding tert-OH is 1. The van der Waals surface area contributed by atoms with Crippen molar-refractivity contribution in [1.82, 2.24) is 4.90 Å². The first-order valence-corrected chi connectivity index (χ1v) is 7.92. The molecule has 4 nitrogen and oxygen atoms in total. The largest absolute Gasteiger partial charge is 0.387 e. The third-order valence-electron chi connectivity index (χ3n) is 4.30. The molecule has 1 spiro atoms. The van der Waals surface area contributed by atoms with Crippen molar-refractivity contribution in [2.45, 2.75) is 37.8 Å². The number of hydrogen-bond acceptors (Lipinski definition) is 4.